The fourth-order valence-electron chi connectivity index (χ4n) is 5.43. The highest BCUT2D eigenvalue weighted by Gasteiger charge is 2.12. The molecule has 0 radical (unpaired) electrons. The topological polar surface area (TPSA) is 90.0 Å². The first-order valence-electron chi connectivity index (χ1n) is 17.0. The lowest BCUT2D eigenvalue weighted by Crippen LogP contribution is -2.38. The van der Waals surface area contributed by atoms with Crippen molar-refractivity contribution in [2.24, 2.45) is 0 Å². The van der Waals surface area contributed by atoms with Crippen molar-refractivity contribution >= 4 is 58.0 Å². The van der Waals surface area contributed by atoms with Crippen LogP contribution in [0.25, 0.3) is 11.4 Å². The van der Waals surface area contributed by atoms with Crippen LogP contribution in [0.2, 0.25) is 20.1 Å². The number of aliphatic hydroxyl groups excluding tert-OH is 1. The van der Waals surface area contributed by atoms with E-state index in [0.29, 0.717) is 33.1 Å². The lowest BCUT2D eigenvalue weighted by molar-refractivity contribution is 0.0207. The molecule has 0 aliphatic carbocycles. The van der Waals surface area contributed by atoms with Gasteiger partial charge >= 0.3 is 0 Å². The Labute approximate surface area is 326 Å². The fraction of sp³-hybridized carbons (Fsp3) is 0.500. The number of alkyl halides is 1. The SMILES string of the molecule is Cc1cc(CCO)nn1-c1ccc(Cl)c(Cl)c1.Cc1cc(CCOCCN2CCOCC2)nn1-c1ccc(Cl)c(Cl)c1.ClCCN1CCOCC1. The monoisotopic (exact) mass is 802 g/mol. The molecule has 4 heterocycles. The quantitative estimate of drug-likeness (QED) is 0.122. The van der Waals surface area contributed by atoms with Gasteiger partial charge in [-0.05, 0) is 62.4 Å². The summed E-state index contributed by atoms with van der Waals surface area (Å²) in [6, 6.07) is 14.9. The highest BCUT2D eigenvalue weighted by molar-refractivity contribution is 6.42. The number of benzene rings is 2. The Bertz CT molecular complexity index is 1620. The van der Waals surface area contributed by atoms with Gasteiger partial charge in [-0.3, -0.25) is 9.80 Å². The number of ether oxygens (including phenoxy) is 3. The van der Waals surface area contributed by atoms with Crippen LogP contribution >= 0.6 is 58.0 Å². The van der Waals surface area contributed by atoms with Gasteiger partial charge < -0.3 is 19.3 Å². The summed E-state index contributed by atoms with van der Waals surface area (Å²) in [4.78, 5) is 4.68. The van der Waals surface area contributed by atoms with Crippen molar-refractivity contribution in [3.8, 4) is 11.4 Å². The van der Waals surface area contributed by atoms with Crippen molar-refractivity contribution in [1.82, 2.24) is 29.4 Å². The summed E-state index contributed by atoms with van der Waals surface area (Å²) in [5, 5.41) is 20.0. The summed E-state index contributed by atoms with van der Waals surface area (Å²) < 4.78 is 19.9. The van der Waals surface area contributed by atoms with Gasteiger partial charge in [-0.15, -0.1) is 11.6 Å². The van der Waals surface area contributed by atoms with Gasteiger partial charge in [-0.25, -0.2) is 9.36 Å². The van der Waals surface area contributed by atoms with E-state index in [1.165, 1.54) is 0 Å². The average molecular weight is 805 g/mol. The van der Waals surface area contributed by atoms with Crippen molar-refractivity contribution < 1.29 is 19.3 Å². The van der Waals surface area contributed by atoms with Gasteiger partial charge in [0.1, 0.15) is 0 Å². The van der Waals surface area contributed by atoms with Gasteiger partial charge in [0, 0.05) is 76.0 Å². The molecule has 15 heteroatoms. The van der Waals surface area contributed by atoms with Crippen LogP contribution in [0.5, 0.6) is 0 Å². The van der Waals surface area contributed by atoms with E-state index in [-0.39, 0.29) is 6.61 Å². The normalized spacial score (nSPS) is 15.2. The Morgan fingerprint density at radius 1 is 0.647 bits per heavy atom. The molecule has 2 aliphatic rings. The number of aromatic nitrogens is 4. The van der Waals surface area contributed by atoms with E-state index in [2.05, 4.69) is 26.1 Å². The molecule has 2 aliphatic heterocycles. The van der Waals surface area contributed by atoms with Crippen LogP contribution in [0.1, 0.15) is 22.8 Å². The van der Waals surface area contributed by atoms with Crippen LogP contribution in [0, 0.1) is 13.8 Å². The average Bonchev–Trinajstić information content (AvgIpc) is 3.69. The first-order valence-corrected chi connectivity index (χ1v) is 19.1. The van der Waals surface area contributed by atoms with Gasteiger partial charge in [0.2, 0.25) is 0 Å². The lowest BCUT2D eigenvalue weighted by atomic mass is 10.3. The summed E-state index contributed by atoms with van der Waals surface area (Å²) in [5.41, 5.74) is 5.69. The first kappa shape index (κ1) is 41.8. The van der Waals surface area contributed by atoms with Crippen LogP contribution in [0.3, 0.4) is 0 Å². The Kier molecular flexibility index (Phi) is 18.3. The van der Waals surface area contributed by atoms with E-state index in [0.717, 1.165) is 119 Å². The second kappa shape index (κ2) is 22.3. The lowest BCUT2D eigenvalue weighted by Gasteiger charge is -2.26. The zero-order valence-electron chi connectivity index (χ0n) is 29.2. The summed E-state index contributed by atoms with van der Waals surface area (Å²) in [5.74, 6) is 0.736. The molecule has 2 aromatic heterocycles. The molecule has 6 rings (SSSR count). The molecule has 10 nitrogen and oxygen atoms in total. The summed E-state index contributed by atoms with van der Waals surface area (Å²) in [6.45, 7) is 14.9. The molecule has 0 saturated carbocycles. The molecule has 0 atom stereocenters. The molecule has 1 N–H and O–H groups in total. The van der Waals surface area contributed by atoms with E-state index in [9.17, 15) is 0 Å². The van der Waals surface area contributed by atoms with E-state index >= 15 is 0 Å². The molecule has 0 amide bonds. The molecular formula is C36H47Cl5N6O4. The molecule has 2 saturated heterocycles. The highest BCUT2D eigenvalue weighted by Crippen LogP contribution is 2.26. The standard InChI is InChI=1S/C18H23Cl2N3O2.C12H12Cl2N2O.C6H12ClNO/c1-14-12-15(4-8-24-9-5-22-6-10-25-11-7-22)21-23(14)16-2-3-17(19)18(20)13-16;1-8-6-9(4-5-17)15-16(8)10-2-3-11(13)12(14)7-10;7-1-2-8-3-5-9-6-4-8/h2-3,12-13H,4-11H2,1H3;2-3,6-7,17H,4-5H2,1H3;1-6H2. The Hall–Kier alpha value is -1.93. The predicted octanol–water partition coefficient (Wildman–Crippen LogP) is 6.96. The Morgan fingerprint density at radius 2 is 1.12 bits per heavy atom. The van der Waals surface area contributed by atoms with E-state index in [1.807, 2.05) is 42.8 Å². The number of aliphatic hydroxyl groups is 1. The minimum Gasteiger partial charge on any atom is -0.396 e. The summed E-state index contributed by atoms with van der Waals surface area (Å²) >= 11 is 29.5. The molecule has 2 fully saturated rings. The van der Waals surface area contributed by atoms with Crippen LogP contribution in [0.15, 0.2) is 48.5 Å². The molecule has 2 aromatic carbocycles. The minimum absolute atomic E-state index is 0.0951. The number of nitrogens with zero attached hydrogens (tertiary/aromatic N) is 6. The fourth-order valence-corrected chi connectivity index (χ4v) is 6.26. The van der Waals surface area contributed by atoms with Crippen molar-refractivity contribution in [2.45, 2.75) is 26.7 Å². The van der Waals surface area contributed by atoms with E-state index in [1.54, 1.807) is 22.9 Å². The predicted molar refractivity (Wildman–Crippen MR) is 207 cm³/mol. The minimum atomic E-state index is 0.0951. The van der Waals surface area contributed by atoms with Gasteiger partial charge in [-0.1, -0.05) is 46.4 Å². The summed E-state index contributed by atoms with van der Waals surface area (Å²) in [6.07, 6.45) is 1.34. The second-order valence-corrected chi connectivity index (χ2v) is 14.0. The number of halogens is 5. The smallest absolute Gasteiger partial charge is 0.0664 e. The molecule has 51 heavy (non-hydrogen) atoms. The summed E-state index contributed by atoms with van der Waals surface area (Å²) in [7, 11) is 0. The Morgan fingerprint density at radius 3 is 1.57 bits per heavy atom. The zero-order chi connectivity index (χ0) is 36.6. The third kappa shape index (κ3) is 13.8. The molecule has 280 valence electrons. The van der Waals surface area contributed by atoms with Gasteiger partial charge in [0.05, 0.1) is 82.5 Å². The maximum atomic E-state index is 8.88. The van der Waals surface area contributed by atoms with Crippen LogP contribution < -0.4 is 0 Å². The highest BCUT2D eigenvalue weighted by atomic mass is 35.5. The molecule has 0 bridgehead atoms. The van der Waals surface area contributed by atoms with Gasteiger partial charge in [0.25, 0.3) is 0 Å². The van der Waals surface area contributed by atoms with Crippen LogP contribution in [-0.2, 0) is 27.1 Å². The van der Waals surface area contributed by atoms with Crippen LogP contribution in [0.4, 0.5) is 0 Å². The van der Waals surface area contributed by atoms with Crippen molar-refractivity contribution in [3.05, 3.63) is 91.4 Å². The second-order valence-electron chi connectivity index (χ2n) is 12.0. The van der Waals surface area contributed by atoms with E-state index < -0.39 is 0 Å². The number of aryl methyl sites for hydroxylation is 2. The van der Waals surface area contributed by atoms with Gasteiger partial charge in [-0.2, -0.15) is 10.2 Å². The van der Waals surface area contributed by atoms with Crippen molar-refractivity contribution in [2.75, 3.05) is 91.4 Å². The molecular weight excluding hydrogens is 758 g/mol. The van der Waals surface area contributed by atoms with Crippen LogP contribution in [-0.4, -0.2) is 126 Å². The third-order valence-electron chi connectivity index (χ3n) is 8.20. The largest absolute Gasteiger partial charge is 0.396 e. The number of rotatable bonds is 12. The van der Waals surface area contributed by atoms with Crippen molar-refractivity contribution in [1.29, 1.82) is 0 Å². The third-order valence-corrected chi connectivity index (χ3v) is 9.85. The van der Waals surface area contributed by atoms with E-state index in [4.69, 9.17) is 77.3 Å². The maximum Gasteiger partial charge on any atom is 0.0664 e. The molecule has 0 unspecified atom stereocenters. The zero-order valence-corrected chi connectivity index (χ0v) is 33.0. The number of morpholine rings is 2. The Balaban J connectivity index is 0.000000192. The number of hydrogen-bond donors (Lipinski definition) is 1. The maximum absolute atomic E-state index is 8.88. The first-order chi connectivity index (χ1) is 24.7. The van der Waals surface area contributed by atoms with Gasteiger partial charge in [0.15, 0.2) is 0 Å². The number of hydrogen-bond acceptors (Lipinski definition) is 8. The molecule has 0 spiro atoms. The van der Waals surface area contributed by atoms with Crippen molar-refractivity contribution in [3.63, 3.8) is 0 Å². The molecule has 4 aromatic rings.